The zero-order valence-corrected chi connectivity index (χ0v) is 14.7. The summed E-state index contributed by atoms with van der Waals surface area (Å²) in [6.45, 7) is 0. The number of primary amides is 1. The molecule has 2 amide bonds. The Labute approximate surface area is 153 Å². The summed E-state index contributed by atoms with van der Waals surface area (Å²) in [5.74, 6) is -4.34. The molecule has 1 aromatic carbocycles. The maximum atomic E-state index is 12.5. The number of amides is 2. The van der Waals surface area contributed by atoms with Crippen molar-refractivity contribution in [3.63, 3.8) is 0 Å². The lowest BCUT2D eigenvalue weighted by atomic mass is 9.78. The molecule has 0 radical (unpaired) electrons. The van der Waals surface area contributed by atoms with Gasteiger partial charge in [-0.25, -0.2) is 0 Å². The molecule has 1 aliphatic rings. The number of allylic oxidation sites excluding steroid dienone is 1. The Bertz CT molecular complexity index is 803. The van der Waals surface area contributed by atoms with E-state index >= 15 is 0 Å². The third-order valence-corrected chi connectivity index (χ3v) is 4.97. The summed E-state index contributed by atoms with van der Waals surface area (Å²) >= 11 is 7.14. The number of nitrogens with zero attached hydrogens (tertiary/aromatic N) is 1. The minimum Gasteiger partial charge on any atom is -0.468 e. The van der Waals surface area contributed by atoms with Gasteiger partial charge in [-0.1, -0.05) is 41.6 Å². The maximum absolute atomic E-state index is 12.5. The molecule has 2 rings (SSSR count). The average molecular weight is 380 g/mol. The number of nitrogens with one attached hydrogen (secondary N) is 1. The molecule has 9 heteroatoms. The molecule has 2 atom stereocenters. The second-order valence-corrected chi connectivity index (χ2v) is 6.49. The molecule has 3 N–H and O–H groups in total. The minimum absolute atomic E-state index is 0.120. The molecule has 0 aromatic heterocycles. The van der Waals surface area contributed by atoms with Crippen molar-refractivity contribution in [2.24, 2.45) is 11.7 Å². The van der Waals surface area contributed by atoms with Crippen LogP contribution in [0, 0.1) is 17.2 Å². The number of ether oxygens (including phenoxy) is 1. The number of carbonyl (C=O) groups is 3. The highest BCUT2D eigenvalue weighted by atomic mass is 35.5. The summed E-state index contributed by atoms with van der Waals surface area (Å²) in [6.07, 6.45) is 0. The lowest BCUT2D eigenvalue weighted by molar-refractivity contribution is -0.150. The third kappa shape index (κ3) is 3.95. The summed E-state index contributed by atoms with van der Waals surface area (Å²) in [4.78, 5) is 35.7. The smallest absolute Gasteiger partial charge is 0.319 e. The average Bonchev–Trinajstić information content (AvgIpc) is 2.59. The van der Waals surface area contributed by atoms with Gasteiger partial charge in [0.25, 0.3) is 0 Å². The van der Waals surface area contributed by atoms with Gasteiger partial charge in [-0.2, -0.15) is 5.26 Å². The molecule has 0 aliphatic carbocycles. The standard InChI is InChI=1S/C16H14ClN3O4S/c1-24-16(23)13-12(8-4-2-3-5-10(8)17)9(6-18)15(20-14(13)22)25-7-11(19)21/h2-5,12-13H,7H2,1H3,(H2,19,21)(H,20,22). The normalized spacial score (nSPS) is 19.8. The van der Waals surface area contributed by atoms with Crippen LogP contribution in [0.3, 0.4) is 0 Å². The van der Waals surface area contributed by atoms with Crippen LogP contribution in [0.15, 0.2) is 34.9 Å². The van der Waals surface area contributed by atoms with Crippen LogP contribution in [-0.2, 0) is 19.1 Å². The molecule has 0 fully saturated rings. The summed E-state index contributed by atoms with van der Waals surface area (Å²) < 4.78 is 4.72. The Morgan fingerprint density at radius 1 is 1.44 bits per heavy atom. The van der Waals surface area contributed by atoms with Crippen LogP contribution >= 0.6 is 23.4 Å². The van der Waals surface area contributed by atoms with E-state index in [-0.39, 0.29) is 16.4 Å². The molecule has 1 aromatic rings. The van der Waals surface area contributed by atoms with E-state index in [0.717, 1.165) is 18.9 Å². The predicted molar refractivity (Wildman–Crippen MR) is 92.1 cm³/mol. The van der Waals surface area contributed by atoms with Crippen molar-refractivity contribution in [1.82, 2.24) is 5.32 Å². The number of carbonyl (C=O) groups excluding carboxylic acids is 3. The van der Waals surface area contributed by atoms with Gasteiger partial charge in [0.05, 0.1) is 29.5 Å². The van der Waals surface area contributed by atoms with E-state index in [1.54, 1.807) is 24.3 Å². The van der Waals surface area contributed by atoms with Gasteiger partial charge >= 0.3 is 5.97 Å². The van der Waals surface area contributed by atoms with Crippen LogP contribution in [0.5, 0.6) is 0 Å². The van der Waals surface area contributed by atoms with E-state index in [1.165, 1.54) is 0 Å². The summed E-state index contributed by atoms with van der Waals surface area (Å²) in [6, 6.07) is 8.63. The number of nitriles is 1. The number of benzene rings is 1. The first kappa shape index (κ1) is 18.8. The Hall–Kier alpha value is -2.50. The Morgan fingerprint density at radius 2 is 2.12 bits per heavy atom. The van der Waals surface area contributed by atoms with Crippen molar-refractivity contribution in [1.29, 1.82) is 5.26 Å². The Balaban J connectivity index is 2.62. The monoisotopic (exact) mass is 379 g/mol. The van der Waals surface area contributed by atoms with Crippen molar-refractivity contribution >= 4 is 41.1 Å². The summed E-state index contributed by atoms with van der Waals surface area (Å²) in [7, 11) is 1.16. The van der Waals surface area contributed by atoms with Crippen LogP contribution in [0.2, 0.25) is 5.02 Å². The molecule has 1 heterocycles. The van der Waals surface area contributed by atoms with Crippen LogP contribution in [0.25, 0.3) is 0 Å². The number of nitrogens with two attached hydrogens (primary N) is 1. The predicted octanol–water partition coefficient (Wildman–Crippen LogP) is 1.30. The molecule has 1 aliphatic heterocycles. The quantitative estimate of drug-likeness (QED) is 0.587. The molecule has 0 spiro atoms. The van der Waals surface area contributed by atoms with E-state index in [4.69, 9.17) is 22.1 Å². The van der Waals surface area contributed by atoms with Gasteiger partial charge in [-0.3, -0.25) is 14.4 Å². The molecule has 130 valence electrons. The first-order chi connectivity index (χ1) is 11.9. The van der Waals surface area contributed by atoms with Crippen molar-refractivity contribution in [3.8, 4) is 6.07 Å². The SMILES string of the molecule is COC(=O)C1C(=O)NC(SCC(N)=O)=C(C#N)C1c1ccccc1Cl. The summed E-state index contributed by atoms with van der Waals surface area (Å²) in [5.41, 5.74) is 5.69. The van der Waals surface area contributed by atoms with Gasteiger partial charge in [0.1, 0.15) is 5.92 Å². The molecule has 25 heavy (non-hydrogen) atoms. The van der Waals surface area contributed by atoms with Crippen LogP contribution in [0.1, 0.15) is 11.5 Å². The van der Waals surface area contributed by atoms with E-state index in [2.05, 4.69) is 5.32 Å². The molecular formula is C16H14ClN3O4S. The molecule has 0 bridgehead atoms. The first-order valence-corrected chi connectivity index (χ1v) is 8.45. The second kappa shape index (κ2) is 8.05. The second-order valence-electron chi connectivity index (χ2n) is 5.10. The minimum atomic E-state index is -1.27. The number of methoxy groups -OCH3 is 1. The van der Waals surface area contributed by atoms with Crippen molar-refractivity contribution in [3.05, 3.63) is 45.5 Å². The highest BCUT2D eigenvalue weighted by Gasteiger charge is 2.45. The first-order valence-electron chi connectivity index (χ1n) is 7.09. The zero-order valence-electron chi connectivity index (χ0n) is 13.1. The van der Waals surface area contributed by atoms with E-state index in [9.17, 15) is 19.6 Å². The van der Waals surface area contributed by atoms with Crippen molar-refractivity contribution < 1.29 is 19.1 Å². The number of hydrogen-bond donors (Lipinski definition) is 2. The third-order valence-electron chi connectivity index (χ3n) is 3.58. The van der Waals surface area contributed by atoms with Crippen molar-refractivity contribution in [2.75, 3.05) is 12.9 Å². The van der Waals surface area contributed by atoms with Crippen LogP contribution in [-0.4, -0.2) is 30.6 Å². The van der Waals surface area contributed by atoms with Crippen molar-refractivity contribution in [2.45, 2.75) is 5.92 Å². The summed E-state index contributed by atoms with van der Waals surface area (Å²) in [5, 5.41) is 12.6. The fraction of sp³-hybridized carbons (Fsp3) is 0.250. The van der Waals surface area contributed by atoms with Gasteiger partial charge in [0, 0.05) is 10.9 Å². The lowest BCUT2D eigenvalue weighted by Crippen LogP contribution is -2.44. The number of esters is 1. The van der Waals surface area contributed by atoms with Gasteiger partial charge < -0.3 is 15.8 Å². The fourth-order valence-electron chi connectivity index (χ4n) is 2.53. The van der Waals surface area contributed by atoms with E-state index in [1.807, 2.05) is 6.07 Å². The topological polar surface area (TPSA) is 122 Å². The van der Waals surface area contributed by atoms with Gasteiger partial charge in [0.2, 0.25) is 11.8 Å². The number of hydrogen-bond acceptors (Lipinski definition) is 6. The largest absolute Gasteiger partial charge is 0.468 e. The maximum Gasteiger partial charge on any atom is 0.319 e. The number of halogens is 1. The van der Waals surface area contributed by atoms with Crippen LogP contribution < -0.4 is 11.1 Å². The zero-order chi connectivity index (χ0) is 18.6. The van der Waals surface area contributed by atoms with E-state index < -0.39 is 29.6 Å². The number of rotatable bonds is 5. The van der Waals surface area contributed by atoms with Crippen LogP contribution in [0.4, 0.5) is 0 Å². The molecule has 7 nitrogen and oxygen atoms in total. The van der Waals surface area contributed by atoms with E-state index in [0.29, 0.717) is 10.6 Å². The van der Waals surface area contributed by atoms with Gasteiger partial charge in [-0.05, 0) is 11.6 Å². The Kier molecular flexibility index (Phi) is 6.07. The molecule has 2 unspecified atom stereocenters. The highest BCUT2D eigenvalue weighted by molar-refractivity contribution is 8.03. The molecule has 0 saturated heterocycles. The molecular weight excluding hydrogens is 366 g/mol. The highest BCUT2D eigenvalue weighted by Crippen LogP contribution is 2.42. The van der Waals surface area contributed by atoms with Gasteiger partial charge in [0.15, 0.2) is 0 Å². The number of thioether (sulfide) groups is 1. The Morgan fingerprint density at radius 3 is 2.68 bits per heavy atom. The lowest BCUT2D eigenvalue weighted by Gasteiger charge is -2.31. The van der Waals surface area contributed by atoms with Gasteiger partial charge in [-0.15, -0.1) is 0 Å². The fourth-order valence-corrected chi connectivity index (χ4v) is 3.57. The molecule has 0 saturated carbocycles.